The van der Waals surface area contributed by atoms with Crippen molar-refractivity contribution < 1.29 is 26.5 Å². The fourth-order valence-corrected chi connectivity index (χ4v) is 6.89. The summed E-state index contributed by atoms with van der Waals surface area (Å²) in [6.45, 7) is 1.71. The molecule has 2 unspecified atom stereocenters. The van der Waals surface area contributed by atoms with E-state index >= 15 is 0 Å². The average molecular weight is 470 g/mol. The molecule has 0 saturated heterocycles. The monoisotopic (exact) mass is 469 g/mol. The smallest absolute Gasteiger partial charge is 0.205 e. The highest BCUT2D eigenvalue weighted by molar-refractivity contribution is 7.91. The first-order valence-corrected chi connectivity index (χ1v) is 12.8. The molecule has 0 radical (unpaired) electrons. The van der Waals surface area contributed by atoms with Gasteiger partial charge in [0.15, 0.2) is 31.0 Å². The van der Waals surface area contributed by atoms with Gasteiger partial charge in [-0.2, -0.15) is 0 Å². The minimum Gasteiger partial charge on any atom is -0.387 e. The zero-order chi connectivity index (χ0) is 21.8. The van der Waals surface area contributed by atoms with Crippen molar-refractivity contribution in [2.45, 2.75) is 35.3 Å². The van der Waals surface area contributed by atoms with Gasteiger partial charge in [-0.05, 0) is 18.6 Å². The second-order valence-electron chi connectivity index (χ2n) is 7.18. The molecule has 0 spiro atoms. The summed E-state index contributed by atoms with van der Waals surface area (Å²) in [5.41, 5.74) is 0.731. The first kappa shape index (κ1) is 20.9. The van der Waals surface area contributed by atoms with Crippen LogP contribution in [0.25, 0.3) is 0 Å². The van der Waals surface area contributed by atoms with Gasteiger partial charge in [0.1, 0.15) is 5.69 Å². The Morgan fingerprint density at radius 1 is 1.20 bits per heavy atom. The average Bonchev–Trinajstić information content (AvgIpc) is 3.07. The van der Waals surface area contributed by atoms with Crippen LogP contribution in [-0.4, -0.2) is 44.6 Å². The number of aromatic nitrogens is 2. The summed E-state index contributed by atoms with van der Waals surface area (Å²) in [5, 5.41) is 2.06. The van der Waals surface area contributed by atoms with Gasteiger partial charge in [-0.15, -0.1) is 0 Å². The third-order valence-electron chi connectivity index (χ3n) is 4.93. The number of carbonyl (C=O) groups excluding carboxylic acids is 1. The maximum absolute atomic E-state index is 13.0. The Hall–Kier alpha value is -2.37. The first-order chi connectivity index (χ1) is 14.0. The Labute approximate surface area is 178 Å². The van der Waals surface area contributed by atoms with E-state index in [-0.39, 0.29) is 38.9 Å². The molecule has 0 bridgehead atoms. The molecule has 30 heavy (non-hydrogen) atoms. The summed E-state index contributed by atoms with van der Waals surface area (Å²) in [6, 6.07) is 2.50. The molecule has 1 aromatic heterocycles. The van der Waals surface area contributed by atoms with E-state index < -0.39 is 42.6 Å². The molecule has 0 saturated carbocycles. The van der Waals surface area contributed by atoms with E-state index in [0.29, 0.717) is 5.71 Å². The van der Waals surface area contributed by atoms with Gasteiger partial charge >= 0.3 is 0 Å². The SMILES string of the molecule is CC1=NOC(c2c(S(C)(=O)=O)ccc(C3C(=O)c4nccnc4CS3(=O)=O)c2Cl)C1. The topological polar surface area (TPSA) is 133 Å². The van der Waals surface area contributed by atoms with Gasteiger partial charge in [0.05, 0.1) is 27.1 Å². The number of hydrogen-bond acceptors (Lipinski definition) is 9. The molecule has 2 atom stereocenters. The number of nitrogens with zero attached hydrogens (tertiary/aromatic N) is 3. The highest BCUT2D eigenvalue weighted by Crippen LogP contribution is 2.44. The Balaban J connectivity index is 1.93. The van der Waals surface area contributed by atoms with Crippen LogP contribution in [0.4, 0.5) is 0 Å². The number of hydrogen-bond donors (Lipinski definition) is 0. The summed E-state index contributed by atoms with van der Waals surface area (Å²) in [6.07, 6.45) is 3.10. The van der Waals surface area contributed by atoms with Crippen LogP contribution >= 0.6 is 11.6 Å². The van der Waals surface area contributed by atoms with Crippen molar-refractivity contribution in [2.24, 2.45) is 5.16 Å². The Bertz CT molecular complexity index is 1320. The maximum atomic E-state index is 13.0. The first-order valence-electron chi connectivity index (χ1n) is 8.78. The summed E-state index contributed by atoms with van der Waals surface area (Å²) >= 11 is 6.55. The summed E-state index contributed by atoms with van der Waals surface area (Å²) in [7, 11) is -7.74. The molecule has 0 N–H and O–H groups in total. The molecule has 0 aliphatic carbocycles. The quantitative estimate of drug-likeness (QED) is 0.668. The van der Waals surface area contributed by atoms with E-state index in [2.05, 4.69) is 15.1 Å². The third kappa shape index (κ3) is 3.40. The van der Waals surface area contributed by atoms with Gasteiger partial charge in [0, 0.05) is 30.6 Å². The minimum absolute atomic E-state index is 0.0199. The van der Waals surface area contributed by atoms with Crippen LogP contribution < -0.4 is 0 Å². The molecular formula is C18H16ClN3O6S2. The van der Waals surface area contributed by atoms with Crippen LogP contribution in [-0.2, 0) is 30.3 Å². The van der Waals surface area contributed by atoms with Gasteiger partial charge in [0.25, 0.3) is 0 Å². The highest BCUT2D eigenvalue weighted by atomic mass is 35.5. The Morgan fingerprint density at radius 2 is 1.90 bits per heavy atom. The number of carbonyl (C=O) groups is 1. The molecule has 9 nitrogen and oxygen atoms in total. The van der Waals surface area contributed by atoms with Crippen LogP contribution in [0.5, 0.6) is 0 Å². The second kappa shape index (κ2) is 7.10. The van der Waals surface area contributed by atoms with Crippen molar-refractivity contribution in [1.29, 1.82) is 0 Å². The number of Topliss-reactive ketones (excluding diaryl/α,β-unsaturated/α-hetero) is 1. The summed E-state index contributed by atoms with van der Waals surface area (Å²) in [4.78, 5) is 26.2. The van der Waals surface area contributed by atoms with Crippen LogP contribution in [0.3, 0.4) is 0 Å². The predicted octanol–water partition coefficient (Wildman–Crippen LogP) is 2.22. The van der Waals surface area contributed by atoms with E-state index in [1.165, 1.54) is 24.5 Å². The molecule has 12 heteroatoms. The predicted molar refractivity (Wildman–Crippen MR) is 108 cm³/mol. The molecular weight excluding hydrogens is 454 g/mol. The zero-order valence-corrected chi connectivity index (χ0v) is 18.3. The van der Waals surface area contributed by atoms with E-state index in [1.807, 2.05) is 0 Å². The van der Waals surface area contributed by atoms with Crippen molar-refractivity contribution in [1.82, 2.24) is 9.97 Å². The van der Waals surface area contributed by atoms with Crippen molar-refractivity contribution in [3.63, 3.8) is 0 Å². The van der Waals surface area contributed by atoms with Crippen molar-refractivity contribution in [2.75, 3.05) is 6.26 Å². The molecule has 1 aromatic carbocycles. The van der Waals surface area contributed by atoms with E-state index in [9.17, 15) is 21.6 Å². The normalized spacial score (nSPS) is 22.9. The lowest BCUT2D eigenvalue weighted by Gasteiger charge is -2.25. The van der Waals surface area contributed by atoms with E-state index in [0.717, 1.165) is 6.26 Å². The largest absolute Gasteiger partial charge is 0.387 e. The van der Waals surface area contributed by atoms with Gasteiger partial charge in [-0.3, -0.25) is 9.78 Å². The fraction of sp³-hybridized carbons (Fsp3) is 0.333. The maximum Gasteiger partial charge on any atom is 0.205 e. The van der Waals surface area contributed by atoms with Crippen LogP contribution in [0.15, 0.2) is 34.6 Å². The van der Waals surface area contributed by atoms with Crippen molar-refractivity contribution >= 4 is 42.8 Å². The lowest BCUT2D eigenvalue weighted by molar-refractivity contribution is 0.0836. The number of oxime groups is 1. The summed E-state index contributed by atoms with van der Waals surface area (Å²) < 4.78 is 50.6. The van der Waals surface area contributed by atoms with Gasteiger partial charge in [-0.25, -0.2) is 21.8 Å². The molecule has 158 valence electrons. The number of halogens is 1. The number of rotatable bonds is 3. The zero-order valence-electron chi connectivity index (χ0n) is 15.9. The van der Waals surface area contributed by atoms with Crippen molar-refractivity contribution in [3.8, 4) is 0 Å². The van der Waals surface area contributed by atoms with Crippen LogP contribution in [0.2, 0.25) is 5.02 Å². The van der Waals surface area contributed by atoms with Crippen molar-refractivity contribution in [3.05, 3.63) is 52.1 Å². The van der Waals surface area contributed by atoms with Crippen LogP contribution in [0, 0.1) is 0 Å². The molecule has 0 amide bonds. The van der Waals surface area contributed by atoms with E-state index in [4.69, 9.17) is 16.4 Å². The number of fused-ring (bicyclic) bond motifs is 1. The Kier molecular flexibility index (Phi) is 4.94. The fourth-order valence-electron chi connectivity index (χ4n) is 3.64. The second-order valence-corrected chi connectivity index (χ2v) is 11.6. The standard InChI is InChI=1S/C18H16ClN3O6S2/c1-9-7-12(28-22-9)14-13(29(2,24)25)4-3-10(15(14)19)18-17(23)16-11(8-30(18,26)27)20-5-6-21-16/h3-6,12,18H,7-8H2,1-2H3. The molecule has 2 aromatic rings. The number of sulfone groups is 2. The molecule has 2 aliphatic rings. The van der Waals surface area contributed by atoms with E-state index in [1.54, 1.807) is 6.92 Å². The minimum atomic E-state index is -4.02. The number of ketones is 1. The highest BCUT2D eigenvalue weighted by Gasteiger charge is 2.44. The third-order valence-corrected chi connectivity index (χ3v) is 8.37. The Morgan fingerprint density at radius 3 is 2.53 bits per heavy atom. The van der Waals surface area contributed by atoms with Gasteiger partial charge in [-0.1, -0.05) is 22.8 Å². The van der Waals surface area contributed by atoms with Gasteiger partial charge in [0.2, 0.25) is 5.78 Å². The molecule has 3 heterocycles. The molecule has 2 aliphatic heterocycles. The lowest BCUT2D eigenvalue weighted by Crippen LogP contribution is -2.32. The molecule has 0 fully saturated rings. The summed E-state index contributed by atoms with van der Waals surface area (Å²) in [5.74, 6) is -1.24. The van der Waals surface area contributed by atoms with Crippen LogP contribution in [0.1, 0.15) is 52.0 Å². The molecule has 4 rings (SSSR count). The number of benzene rings is 1. The lowest BCUT2D eigenvalue weighted by atomic mass is 9.98. The van der Waals surface area contributed by atoms with Gasteiger partial charge < -0.3 is 4.84 Å².